The lowest BCUT2D eigenvalue weighted by atomic mass is 9.76. The summed E-state index contributed by atoms with van der Waals surface area (Å²) in [6.45, 7) is 0. The molecule has 0 saturated heterocycles. The molecule has 176 valence electrons. The summed E-state index contributed by atoms with van der Waals surface area (Å²) < 4.78 is 27.7. The standard InChI is InChI=1S/C32H24F2N2/c33-21-13-9-19(10-14-21)17-25-29(20-11-15-22(34)16-12-20)31(26-18-35-27-7-3-1-5-23(26)27)32-30(25)24-6-2-4-8-28(24)36-32/h1-16,18,25,29,31,35-36H,17H2/t25-,29-,31-/m0/s1. The summed E-state index contributed by atoms with van der Waals surface area (Å²) in [5.74, 6) is -0.199. The molecule has 4 heteroatoms. The highest BCUT2D eigenvalue weighted by Crippen LogP contribution is 2.58. The lowest BCUT2D eigenvalue weighted by molar-refractivity contribution is 0.534. The first kappa shape index (κ1) is 21.1. The molecule has 2 N–H and O–H groups in total. The molecule has 2 nitrogen and oxygen atoms in total. The summed E-state index contributed by atoms with van der Waals surface area (Å²) in [7, 11) is 0. The number of nitrogens with one attached hydrogen (secondary N) is 2. The maximum absolute atomic E-state index is 14.0. The van der Waals surface area contributed by atoms with E-state index in [4.69, 9.17) is 0 Å². The SMILES string of the molecule is Fc1ccc(C[C@@H]2c3c([nH]c4ccccc34)[C@@H](c3c[nH]c4ccccc34)[C@H]2c2ccc(F)cc2)cc1. The summed E-state index contributed by atoms with van der Waals surface area (Å²) in [5.41, 5.74) is 8.16. The van der Waals surface area contributed by atoms with Gasteiger partial charge in [0.25, 0.3) is 0 Å². The minimum Gasteiger partial charge on any atom is -0.361 e. The van der Waals surface area contributed by atoms with Crippen LogP contribution in [0.25, 0.3) is 21.8 Å². The van der Waals surface area contributed by atoms with Crippen molar-refractivity contribution in [2.45, 2.75) is 24.2 Å². The second-order valence-corrected chi connectivity index (χ2v) is 9.78. The number of aromatic amines is 2. The number of benzene rings is 4. The van der Waals surface area contributed by atoms with Crippen LogP contribution in [0.1, 0.15) is 45.7 Å². The van der Waals surface area contributed by atoms with E-state index in [0.29, 0.717) is 0 Å². The topological polar surface area (TPSA) is 31.6 Å². The summed E-state index contributed by atoms with van der Waals surface area (Å²) in [5, 5.41) is 2.41. The van der Waals surface area contributed by atoms with Gasteiger partial charge in [-0.05, 0) is 71.0 Å². The maximum Gasteiger partial charge on any atom is 0.123 e. The molecule has 0 radical (unpaired) electrons. The Hall–Kier alpha value is -4.18. The van der Waals surface area contributed by atoms with Crippen LogP contribution in [0.15, 0.2) is 103 Å². The Morgan fingerprint density at radius 2 is 1.31 bits per heavy atom. The predicted molar refractivity (Wildman–Crippen MR) is 140 cm³/mol. The van der Waals surface area contributed by atoms with Crippen molar-refractivity contribution in [3.05, 3.63) is 143 Å². The smallest absolute Gasteiger partial charge is 0.123 e. The van der Waals surface area contributed by atoms with Crippen LogP contribution in [0.5, 0.6) is 0 Å². The van der Waals surface area contributed by atoms with E-state index in [0.717, 1.165) is 28.6 Å². The molecule has 2 aromatic heterocycles. The summed E-state index contributed by atoms with van der Waals surface area (Å²) in [6, 6.07) is 30.6. The van der Waals surface area contributed by atoms with Crippen molar-refractivity contribution in [1.29, 1.82) is 0 Å². The molecule has 0 bridgehead atoms. The molecular weight excluding hydrogens is 450 g/mol. The van der Waals surface area contributed by atoms with Crippen molar-refractivity contribution in [3.63, 3.8) is 0 Å². The van der Waals surface area contributed by atoms with Crippen molar-refractivity contribution in [1.82, 2.24) is 9.97 Å². The van der Waals surface area contributed by atoms with Crippen LogP contribution in [0.3, 0.4) is 0 Å². The number of H-pyrrole nitrogens is 2. The van der Waals surface area contributed by atoms with Gasteiger partial charge in [-0.2, -0.15) is 0 Å². The summed E-state index contributed by atoms with van der Waals surface area (Å²) in [6.07, 6.45) is 2.89. The van der Waals surface area contributed by atoms with Crippen LogP contribution in [-0.4, -0.2) is 9.97 Å². The minimum atomic E-state index is -0.237. The molecule has 0 fully saturated rings. The number of hydrogen-bond donors (Lipinski definition) is 2. The lowest BCUT2D eigenvalue weighted by Crippen LogP contribution is -2.15. The fourth-order valence-corrected chi connectivity index (χ4v) is 6.33. The number of aromatic nitrogens is 2. The van der Waals surface area contributed by atoms with Crippen molar-refractivity contribution in [2.75, 3.05) is 0 Å². The van der Waals surface area contributed by atoms with Crippen LogP contribution in [0.4, 0.5) is 8.78 Å². The fraction of sp³-hybridized carbons (Fsp3) is 0.125. The van der Waals surface area contributed by atoms with Crippen LogP contribution in [0.2, 0.25) is 0 Å². The van der Waals surface area contributed by atoms with E-state index >= 15 is 0 Å². The molecule has 4 aromatic carbocycles. The maximum atomic E-state index is 14.0. The molecule has 3 atom stereocenters. The predicted octanol–water partition coefficient (Wildman–Crippen LogP) is 8.18. The summed E-state index contributed by atoms with van der Waals surface area (Å²) in [4.78, 5) is 7.23. The van der Waals surface area contributed by atoms with E-state index in [9.17, 15) is 8.78 Å². The molecule has 0 aliphatic heterocycles. The molecule has 1 aliphatic rings. The van der Waals surface area contributed by atoms with E-state index in [1.54, 1.807) is 12.1 Å². The largest absolute Gasteiger partial charge is 0.361 e. The molecule has 0 spiro atoms. The number of para-hydroxylation sites is 2. The van der Waals surface area contributed by atoms with Crippen LogP contribution < -0.4 is 0 Å². The second kappa shape index (κ2) is 8.20. The third-order valence-corrected chi connectivity index (χ3v) is 7.83. The van der Waals surface area contributed by atoms with Gasteiger partial charge in [0.05, 0.1) is 0 Å². The fourth-order valence-electron chi connectivity index (χ4n) is 6.33. The van der Waals surface area contributed by atoms with Crippen LogP contribution in [-0.2, 0) is 6.42 Å². The first-order valence-electron chi connectivity index (χ1n) is 12.3. The highest BCUT2D eigenvalue weighted by molar-refractivity contribution is 5.89. The van der Waals surface area contributed by atoms with Crippen molar-refractivity contribution in [3.8, 4) is 0 Å². The van der Waals surface area contributed by atoms with E-state index < -0.39 is 0 Å². The first-order chi connectivity index (χ1) is 17.7. The molecule has 36 heavy (non-hydrogen) atoms. The third-order valence-electron chi connectivity index (χ3n) is 7.83. The number of halogens is 2. The average Bonchev–Trinajstić information content (AvgIpc) is 3.57. The molecule has 6 aromatic rings. The minimum absolute atomic E-state index is 0.0551. The Bertz CT molecular complexity index is 1690. The highest BCUT2D eigenvalue weighted by Gasteiger charge is 2.45. The summed E-state index contributed by atoms with van der Waals surface area (Å²) >= 11 is 0. The quantitative estimate of drug-likeness (QED) is 0.258. The van der Waals surface area contributed by atoms with Gasteiger partial charge in [-0.25, -0.2) is 8.78 Å². The van der Waals surface area contributed by atoms with Gasteiger partial charge in [0.2, 0.25) is 0 Å². The van der Waals surface area contributed by atoms with Gasteiger partial charge in [0.15, 0.2) is 0 Å². The van der Waals surface area contributed by atoms with Crippen LogP contribution in [0, 0.1) is 11.6 Å². The monoisotopic (exact) mass is 474 g/mol. The molecule has 0 saturated carbocycles. The van der Waals surface area contributed by atoms with Crippen molar-refractivity contribution >= 4 is 21.8 Å². The lowest BCUT2D eigenvalue weighted by Gasteiger charge is -2.27. The zero-order valence-corrected chi connectivity index (χ0v) is 19.5. The Kier molecular flexibility index (Phi) is 4.81. The number of rotatable bonds is 4. The van der Waals surface area contributed by atoms with E-state index in [1.807, 2.05) is 30.3 Å². The van der Waals surface area contributed by atoms with Gasteiger partial charge in [0, 0.05) is 45.5 Å². The highest BCUT2D eigenvalue weighted by atomic mass is 19.1. The van der Waals surface area contributed by atoms with Gasteiger partial charge >= 0.3 is 0 Å². The molecular formula is C32H24F2N2. The Labute approximate surface area is 207 Å². The van der Waals surface area contributed by atoms with Gasteiger partial charge in [-0.15, -0.1) is 0 Å². The normalized spacial score (nSPS) is 19.2. The Morgan fingerprint density at radius 1 is 0.667 bits per heavy atom. The molecule has 1 aliphatic carbocycles. The van der Waals surface area contributed by atoms with Gasteiger partial charge in [-0.1, -0.05) is 60.7 Å². The van der Waals surface area contributed by atoms with Gasteiger partial charge in [0.1, 0.15) is 11.6 Å². The van der Waals surface area contributed by atoms with Gasteiger partial charge in [-0.3, -0.25) is 0 Å². The first-order valence-corrected chi connectivity index (χ1v) is 12.3. The van der Waals surface area contributed by atoms with Crippen molar-refractivity contribution in [2.24, 2.45) is 0 Å². The average molecular weight is 475 g/mol. The van der Waals surface area contributed by atoms with E-state index in [2.05, 4.69) is 58.6 Å². The Morgan fingerprint density at radius 3 is 2.06 bits per heavy atom. The zero-order chi connectivity index (χ0) is 24.2. The number of fused-ring (bicyclic) bond motifs is 4. The van der Waals surface area contributed by atoms with E-state index in [-0.39, 0.29) is 29.4 Å². The second-order valence-electron chi connectivity index (χ2n) is 9.78. The molecule has 0 unspecified atom stereocenters. The molecule has 7 rings (SSSR count). The Balaban J connectivity index is 1.49. The zero-order valence-electron chi connectivity index (χ0n) is 19.5. The van der Waals surface area contributed by atoms with Crippen molar-refractivity contribution < 1.29 is 8.78 Å². The van der Waals surface area contributed by atoms with Crippen LogP contribution >= 0.6 is 0 Å². The van der Waals surface area contributed by atoms with Gasteiger partial charge < -0.3 is 9.97 Å². The number of hydrogen-bond acceptors (Lipinski definition) is 0. The molecule has 0 amide bonds. The van der Waals surface area contributed by atoms with E-state index in [1.165, 1.54) is 39.7 Å². The third kappa shape index (κ3) is 3.29. The molecule has 2 heterocycles.